The summed E-state index contributed by atoms with van der Waals surface area (Å²) in [4.78, 5) is -0.0349. The Hall–Kier alpha value is -1.93. The van der Waals surface area contributed by atoms with Gasteiger partial charge in [-0.05, 0) is 30.7 Å². The Balaban J connectivity index is 2.24. The van der Waals surface area contributed by atoms with E-state index in [0.717, 1.165) is 12.1 Å². The molecular formula is C12H15FN4O2S. The highest BCUT2D eigenvalue weighted by Gasteiger charge is 2.19. The van der Waals surface area contributed by atoms with Crippen LogP contribution in [0.25, 0.3) is 0 Å². The lowest BCUT2D eigenvalue weighted by atomic mass is 10.2. The molecule has 3 N–H and O–H groups in total. The minimum Gasteiger partial charge on any atom is -0.396 e. The summed E-state index contributed by atoms with van der Waals surface area (Å²) in [6.07, 6.45) is 1.71. The van der Waals surface area contributed by atoms with E-state index in [1.165, 1.54) is 6.92 Å². The van der Waals surface area contributed by atoms with Crippen LogP contribution in [0, 0.1) is 12.7 Å². The second kappa shape index (κ2) is 5.22. The van der Waals surface area contributed by atoms with Gasteiger partial charge in [0.25, 0.3) is 0 Å². The van der Waals surface area contributed by atoms with E-state index in [1.54, 1.807) is 24.0 Å². The summed E-state index contributed by atoms with van der Waals surface area (Å²) in [7, 11) is -2.03. The first-order valence-corrected chi connectivity index (χ1v) is 7.32. The summed E-state index contributed by atoms with van der Waals surface area (Å²) >= 11 is 0. The number of halogens is 1. The quantitative estimate of drug-likeness (QED) is 0.822. The van der Waals surface area contributed by atoms with Gasteiger partial charge >= 0.3 is 0 Å². The average Bonchev–Trinajstić information content (AvgIpc) is 2.77. The van der Waals surface area contributed by atoms with E-state index >= 15 is 0 Å². The summed E-state index contributed by atoms with van der Waals surface area (Å²) in [5, 5.41) is 4.07. The third kappa shape index (κ3) is 2.97. The number of aromatic nitrogens is 2. The van der Waals surface area contributed by atoms with Crippen LogP contribution in [0.1, 0.15) is 11.3 Å². The number of aryl methyl sites for hydroxylation is 2. The van der Waals surface area contributed by atoms with Gasteiger partial charge in [-0.1, -0.05) is 0 Å². The molecule has 2 aromatic rings. The standard InChI is InChI=1S/C12H15FN4O2S/c1-8-5-10(13)11(14)6-12(8)20(18,19)15-7-9-3-4-17(2)16-9/h3-6,15H,7,14H2,1-2H3. The molecule has 1 aromatic carbocycles. The molecule has 0 saturated heterocycles. The second-order valence-corrected chi connectivity index (χ2v) is 6.18. The molecule has 0 aliphatic rings. The monoisotopic (exact) mass is 298 g/mol. The predicted molar refractivity (Wildman–Crippen MR) is 72.8 cm³/mol. The number of rotatable bonds is 4. The van der Waals surface area contributed by atoms with Crippen LogP contribution in [0.5, 0.6) is 0 Å². The number of nitrogens with one attached hydrogen (secondary N) is 1. The van der Waals surface area contributed by atoms with Gasteiger partial charge in [0.15, 0.2) is 0 Å². The van der Waals surface area contributed by atoms with Crippen molar-refractivity contribution in [2.24, 2.45) is 7.05 Å². The van der Waals surface area contributed by atoms with Crippen LogP contribution in [0.2, 0.25) is 0 Å². The molecule has 0 aliphatic heterocycles. The van der Waals surface area contributed by atoms with Gasteiger partial charge in [0, 0.05) is 13.2 Å². The lowest BCUT2D eigenvalue weighted by Crippen LogP contribution is -2.24. The molecule has 108 valence electrons. The predicted octanol–water partition coefficient (Wildman–Crippen LogP) is 0.928. The lowest BCUT2D eigenvalue weighted by Gasteiger charge is -2.10. The van der Waals surface area contributed by atoms with Gasteiger partial charge in [-0.25, -0.2) is 17.5 Å². The van der Waals surface area contributed by atoms with Gasteiger partial charge in [0.05, 0.1) is 22.8 Å². The Labute approximate surface area is 116 Å². The number of nitrogen functional groups attached to an aromatic ring is 1. The van der Waals surface area contributed by atoms with Gasteiger partial charge in [0.2, 0.25) is 10.0 Å². The Kier molecular flexibility index (Phi) is 3.78. The smallest absolute Gasteiger partial charge is 0.241 e. The van der Waals surface area contributed by atoms with Crippen LogP contribution in [0.15, 0.2) is 29.3 Å². The lowest BCUT2D eigenvalue weighted by molar-refractivity contribution is 0.578. The number of hydrogen-bond donors (Lipinski definition) is 2. The summed E-state index contributed by atoms with van der Waals surface area (Å²) < 4.78 is 41.6. The summed E-state index contributed by atoms with van der Waals surface area (Å²) in [6, 6.07) is 3.92. The SMILES string of the molecule is Cc1cc(F)c(N)cc1S(=O)(=O)NCc1ccn(C)n1. The zero-order valence-electron chi connectivity index (χ0n) is 11.1. The van der Waals surface area contributed by atoms with E-state index in [1.807, 2.05) is 0 Å². The first-order valence-electron chi connectivity index (χ1n) is 5.83. The Bertz CT molecular complexity index is 740. The fraction of sp³-hybridized carbons (Fsp3) is 0.250. The first-order chi connectivity index (χ1) is 9.29. The van der Waals surface area contributed by atoms with Crippen LogP contribution in [0.4, 0.5) is 10.1 Å². The number of anilines is 1. The van der Waals surface area contributed by atoms with E-state index in [4.69, 9.17) is 5.73 Å². The maximum Gasteiger partial charge on any atom is 0.241 e. The van der Waals surface area contributed by atoms with Gasteiger partial charge < -0.3 is 5.73 Å². The van der Waals surface area contributed by atoms with E-state index in [9.17, 15) is 12.8 Å². The fourth-order valence-corrected chi connectivity index (χ4v) is 3.02. The number of hydrogen-bond acceptors (Lipinski definition) is 4. The highest BCUT2D eigenvalue weighted by atomic mass is 32.2. The molecule has 0 bridgehead atoms. The molecule has 2 rings (SSSR count). The van der Waals surface area contributed by atoms with E-state index in [-0.39, 0.29) is 17.1 Å². The summed E-state index contributed by atoms with van der Waals surface area (Å²) in [5.41, 5.74) is 6.10. The number of nitrogens with zero attached hydrogens (tertiary/aromatic N) is 2. The van der Waals surface area contributed by atoms with Crippen molar-refractivity contribution in [1.29, 1.82) is 0 Å². The molecule has 0 fully saturated rings. The van der Waals surface area contributed by atoms with Crippen LogP contribution in [-0.4, -0.2) is 18.2 Å². The summed E-state index contributed by atoms with van der Waals surface area (Å²) in [5.74, 6) is -0.633. The Morgan fingerprint density at radius 3 is 2.75 bits per heavy atom. The molecule has 20 heavy (non-hydrogen) atoms. The maximum atomic E-state index is 13.2. The van der Waals surface area contributed by atoms with Crippen LogP contribution in [-0.2, 0) is 23.6 Å². The van der Waals surface area contributed by atoms with Crippen LogP contribution in [0.3, 0.4) is 0 Å². The Morgan fingerprint density at radius 2 is 2.15 bits per heavy atom. The van der Waals surface area contributed by atoms with Crippen LogP contribution >= 0.6 is 0 Å². The van der Waals surface area contributed by atoms with Gasteiger partial charge in [0.1, 0.15) is 5.82 Å². The van der Waals surface area contributed by atoms with Crippen molar-refractivity contribution in [3.05, 3.63) is 41.5 Å². The van der Waals surface area contributed by atoms with Gasteiger partial charge in [-0.2, -0.15) is 5.10 Å². The van der Waals surface area contributed by atoms with E-state index < -0.39 is 15.8 Å². The molecule has 1 heterocycles. The van der Waals surface area contributed by atoms with Crippen molar-refractivity contribution in [3.63, 3.8) is 0 Å². The molecule has 0 radical (unpaired) electrons. The van der Waals surface area contributed by atoms with Crippen molar-refractivity contribution in [2.75, 3.05) is 5.73 Å². The zero-order chi connectivity index (χ0) is 14.9. The van der Waals surface area contributed by atoms with Crippen molar-refractivity contribution >= 4 is 15.7 Å². The van der Waals surface area contributed by atoms with Crippen molar-refractivity contribution in [3.8, 4) is 0 Å². The molecule has 8 heteroatoms. The van der Waals surface area contributed by atoms with E-state index in [0.29, 0.717) is 11.3 Å². The minimum absolute atomic E-state index is 0.0349. The van der Waals surface area contributed by atoms with Crippen molar-refractivity contribution < 1.29 is 12.8 Å². The third-order valence-electron chi connectivity index (χ3n) is 2.80. The molecular weight excluding hydrogens is 283 g/mol. The molecule has 6 nitrogen and oxygen atoms in total. The third-order valence-corrected chi connectivity index (χ3v) is 4.34. The van der Waals surface area contributed by atoms with E-state index in [2.05, 4.69) is 9.82 Å². The fourth-order valence-electron chi connectivity index (χ4n) is 1.76. The molecule has 0 spiro atoms. The van der Waals surface area contributed by atoms with Crippen LogP contribution < -0.4 is 10.5 Å². The molecule has 1 aromatic heterocycles. The zero-order valence-corrected chi connectivity index (χ0v) is 11.9. The molecule has 0 aliphatic carbocycles. The molecule has 0 amide bonds. The average molecular weight is 298 g/mol. The Morgan fingerprint density at radius 1 is 1.45 bits per heavy atom. The normalized spacial score (nSPS) is 11.8. The second-order valence-electron chi connectivity index (χ2n) is 4.44. The molecule has 0 unspecified atom stereocenters. The number of nitrogens with two attached hydrogens (primary N) is 1. The van der Waals surface area contributed by atoms with Crippen molar-refractivity contribution in [2.45, 2.75) is 18.4 Å². The van der Waals surface area contributed by atoms with Gasteiger partial charge in [-0.15, -0.1) is 0 Å². The minimum atomic E-state index is -3.77. The number of sulfonamides is 1. The summed E-state index contributed by atoms with van der Waals surface area (Å²) in [6.45, 7) is 1.57. The van der Waals surface area contributed by atoms with Gasteiger partial charge in [-0.3, -0.25) is 4.68 Å². The largest absolute Gasteiger partial charge is 0.396 e. The highest BCUT2D eigenvalue weighted by molar-refractivity contribution is 7.89. The maximum absolute atomic E-state index is 13.2. The first kappa shape index (κ1) is 14.5. The van der Waals surface area contributed by atoms with Crippen molar-refractivity contribution in [1.82, 2.24) is 14.5 Å². The number of benzene rings is 1. The highest BCUT2D eigenvalue weighted by Crippen LogP contribution is 2.21. The topological polar surface area (TPSA) is 90.0 Å². The molecule has 0 saturated carbocycles. The molecule has 0 atom stereocenters.